The Morgan fingerprint density at radius 2 is 1.91 bits per heavy atom. The van der Waals surface area contributed by atoms with Gasteiger partial charge in [0.15, 0.2) is 0 Å². The summed E-state index contributed by atoms with van der Waals surface area (Å²) in [5.74, 6) is 0.857. The number of aliphatic imine (C=N–C) groups is 1. The van der Waals surface area contributed by atoms with Crippen LogP contribution in [0.15, 0.2) is 4.99 Å². The molecule has 0 heterocycles. The highest BCUT2D eigenvalue weighted by Gasteiger charge is 2.13. The van der Waals surface area contributed by atoms with Crippen LogP contribution in [0, 0.1) is 0 Å². The van der Waals surface area contributed by atoms with Crippen LogP contribution in [0.5, 0.6) is 0 Å². The Morgan fingerprint density at radius 1 is 1.45 bits per heavy atom. The molecule has 2 nitrogen and oxygen atoms in total. The molecule has 0 rings (SSSR count). The molecule has 0 aliphatic carbocycles. The van der Waals surface area contributed by atoms with E-state index < -0.39 is 5.67 Å². The Kier molecular flexibility index (Phi) is 3.49. The fourth-order valence-electron chi connectivity index (χ4n) is 0.444. The van der Waals surface area contributed by atoms with E-state index in [2.05, 4.69) is 4.99 Å². The standard InChI is InChI=1S/C8H17FN2/c1-7(11(4)5)10-6-8(2,3)9/h6H2,1-5H3. The lowest BCUT2D eigenvalue weighted by Gasteiger charge is -2.14. The summed E-state index contributed by atoms with van der Waals surface area (Å²) >= 11 is 0. The molecule has 0 N–H and O–H groups in total. The molecule has 0 saturated heterocycles. The van der Waals surface area contributed by atoms with Gasteiger partial charge < -0.3 is 4.90 Å². The van der Waals surface area contributed by atoms with E-state index in [4.69, 9.17) is 0 Å². The van der Waals surface area contributed by atoms with Crippen molar-refractivity contribution < 1.29 is 4.39 Å². The van der Waals surface area contributed by atoms with Crippen molar-refractivity contribution in [1.29, 1.82) is 0 Å². The minimum atomic E-state index is -1.20. The summed E-state index contributed by atoms with van der Waals surface area (Å²) in [4.78, 5) is 5.93. The fourth-order valence-corrected chi connectivity index (χ4v) is 0.444. The smallest absolute Gasteiger partial charge is 0.124 e. The second kappa shape index (κ2) is 3.69. The quantitative estimate of drug-likeness (QED) is 0.443. The van der Waals surface area contributed by atoms with Gasteiger partial charge in [-0.2, -0.15) is 0 Å². The summed E-state index contributed by atoms with van der Waals surface area (Å²) < 4.78 is 12.9. The normalized spacial score (nSPS) is 13.5. The zero-order chi connectivity index (χ0) is 9.07. The predicted molar refractivity (Wildman–Crippen MR) is 46.9 cm³/mol. The fraction of sp³-hybridized carbons (Fsp3) is 0.875. The maximum atomic E-state index is 12.9. The number of alkyl halides is 1. The van der Waals surface area contributed by atoms with E-state index in [1.54, 1.807) is 0 Å². The van der Waals surface area contributed by atoms with Crippen molar-refractivity contribution in [2.75, 3.05) is 20.6 Å². The third kappa shape index (κ3) is 5.83. The average molecular weight is 160 g/mol. The summed E-state index contributed by atoms with van der Waals surface area (Å²) in [6.45, 7) is 5.15. The van der Waals surface area contributed by atoms with Crippen molar-refractivity contribution >= 4 is 5.84 Å². The Bertz CT molecular complexity index is 145. The van der Waals surface area contributed by atoms with Crippen LogP contribution in [0.1, 0.15) is 20.8 Å². The lowest BCUT2D eigenvalue weighted by Crippen LogP contribution is -2.23. The summed E-state index contributed by atoms with van der Waals surface area (Å²) in [6, 6.07) is 0. The number of hydrogen-bond donors (Lipinski definition) is 0. The van der Waals surface area contributed by atoms with Gasteiger partial charge in [-0.3, -0.25) is 4.99 Å². The molecule has 0 saturated carbocycles. The van der Waals surface area contributed by atoms with E-state index in [-0.39, 0.29) is 6.54 Å². The Hall–Kier alpha value is -0.600. The first-order valence-electron chi connectivity index (χ1n) is 3.70. The van der Waals surface area contributed by atoms with E-state index in [9.17, 15) is 4.39 Å². The number of amidine groups is 1. The molecule has 0 aliphatic heterocycles. The topological polar surface area (TPSA) is 15.6 Å². The minimum absolute atomic E-state index is 0.233. The molecular weight excluding hydrogens is 143 g/mol. The third-order valence-corrected chi connectivity index (χ3v) is 1.33. The first-order chi connectivity index (χ1) is 4.83. The summed E-state index contributed by atoms with van der Waals surface area (Å²) in [6.07, 6.45) is 0. The van der Waals surface area contributed by atoms with Crippen LogP contribution in [0.2, 0.25) is 0 Å². The largest absolute Gasteiger partial charge is 0.367 e. The van der Waals surface area contributed by atoms with Crippen LogP contribution >= 0.6 is 0 Å². The van der Waals surface area contributed by atoms with Crippen molar-refractivity contribution in [1.82, 2.24) is 4.90 Å². The minimum Gasteiger partial charge on any atom is -0.367 e. The molecule has 0 aromatic heterocycles. The van der Waals surface area contributed by atoms with Gasteiger partial charge in [0.2, 0.25) is 0 Å². The highest BCUT2D eigenvalue weighted by Crippen LogP contribution is 2.07. The molecule has 66 valence electrons. The predicted octanol–water partition coefficient (Wildman–Crippen LogP) is 1.71. The second-order valence-electron chi connectivity index (χ2n) is 3.48. The van der Waals surface area contributed by atoms with E-state index in [0.29, 0.717) is 0 Å². The second-order valence-corrected chi connectivity index (χ2v) is 3.48. The third-order valence-electron chi connectivity index (χ3n) is 1.33. The zero-order valence-corrected chi connectivity index (χ0v) is 7.98. The zero-order valence-electron chi connectivity index (χ0n) is 7.98. The molecule has 0 unspecified atom stereocenters. The number of nitrogens with zero attached hydrogens (tertiary/aromatic N) is 2. The highest BCUT2D eigenvalue weighted by atomic mass is 19.1. The number of hydrogen-bond acceptors (Lipinski definition) is 1. The molecule has 0 atom stereocenters. The van der Waals surface area contributed by atoms with Gasteiger partial charge in [-0.15, -0.1) is 0 Å². The van der Waals surface area contributed by atoms with Crippen LogP contribution in [0.3, 0.4) is 0 Å². The van der Waals surface area contributed by atoms with Crippen molar-refractivity contribution in [3.8, 4) is 0 Å². The van der Waals surface area contributed by atoms with Crippen molar-refractivity contribution in [3.63, 3.8) is 0 Å². The average Bonchev–Trinajstić information content (AvgIpc) is 1.80. The van der Waals surface area contributed by atoms with Gasteiger partial charge in [0.05, 0.1) is 12.4 Å². The van der Waals surface area contributed by atoms with Crippen LogP contribution in [0.25, 0.3) is 0 Å². The molecule has 0 spiro atoms. The van der Waals surface area contributed by atoms with E-state index in [1.165, 1.54) is 13.8 Å². The Labute approximate surface area is 68.1 Å². The van der Waals surface area contributed by atoms with Gasteiger partial charge >= 0.3 is 0 Å². The van der Waals surface area contributed by atoms with Crippen molar-refractivity contribution in [3.05, 3.63) is 0 Å². The van der Waals surface area contributed by atoms with Gasteiger partial charge in [0.1, 0.15) is 5.67 Å². The van der Waals surface area contributed by atoms with Gasteiger partial charge in [0.25, 0.3) is 0 Å². The van der Waals surface area contributed by atoms with Gasteiger partial charge in [-0.05, 0) is 20.8 Å². The Morgan fingerprint density at radius 3 is 2.18 bits per heavy atom. The van der Waals surface area contributed by atoms with E-state index in [0.717, 1.165) is 5.84 Å². The number of rotatable bonds is 2. The monoisotopic (exact) mass is 160 g/mol. The molecule has 0 fully saturated rings. The molecule has 0 aliphatic rings. The van der Waals surface area contributed by atoms with Gasteiger partial charge in [0, 0.05) is 14.1 Å². The first kappa shape index (κ1) is 10.4. The summed E-state index contributed by atoms with van der Waals surface area (Å²) in [5, 5.41) is 0. The highest BCUT2D eigenvalue weighted by molar-refractivity contribution is 5.79. The molecule has 0 bridgehead atoms. The molecule has 0 aromatic rings. The maximum absolute atomic E-state index is 12.9. The molecule has 0 amide bonds. The van der Waals surface area contributed by atoms with Crippen LogP contribution < -0.4 is 0 Å². The Balaban J connectivity index is 3.93. The summed E-state index contributed by atoms with van der Waals surface area (Å²) in [5.41, 5.74) is -1.20. The van der Waals surface area contributed by atoms with Crippen LogP contribution in [0.4, 0.5) is 4.39 Å². The van der Waals surface area contributed by atoms with Crippen molar-refractivity contribution in [2.24, 2.45) is 4.99 Å². The van der Waals surface area contributed by atoms with Crippen molar-refractivity contribution in [2.45, 2.75) is 26.4 Å². The molecule has 0 aromatic carbocycles. The number of halogens is 1. The molecule has 11 heavy (non-hydrogen) atoms. The summed E-state index contributed by atoms with van der Waals surface area (Å²) in [7, 11) is 3.79. The van der Waals surface area contributed by atoms with E-state index in [1.807, 2.05) is 25.9 Å². The lowest BCUT2D eigenvalue weighted by atomic mass is 10.2. The first-order valence-corrected chi connectivity index (χ1v) is 3.70. The van der Waals surface area contributed by atoms with E-state index >= 15 is 0 Å². The molecular formula is C8H17FN2. The van der Waals surface area contributed by atoms with Gasteiger partial charge in [-0.25, -0.2) is 4.39 Å². The molecule has 0 radical (unpaired) electrons. The SMILES string of the molecule is CC(=NCC(C)(C)F)N(C)C. The maximum Gasteiger partial charge on any atom is 0.124 e. The van der Waals surface area contributed by atoms with Gasteiger partial charge in [-0.1, -0.05) is 0 Å². The molecule has 3 heteroatoms. The van der Waals surface area contributed by atoms with Crippen LogP contribution in [-0.4, -0.2) is 37.0 Å². The van der Waals surface area contributed by atoms with Crippen LogP contribution in [-0.2, 0) is 0 Å². The lowest BCUT2D eigenvalue weighted by molar-refractivity contribution is 0.228.